The predicted molar refractivity (Wildman–Crippen MR) is 103 cm³/mol. The number of nitrogens with two attached hydrogens (primary N) is 1. The van der Waals surface area contributed by atoms with Gasteiger partial charge in [-0.25, -0.2) is 18.5 Å². The Morgan fingerprint density at radius 3 is 2.46 bits per heavy atom. The highest BCUT2D eigenvalue weighted by Crippen LogP contribution is 2.24. The van der Waals surface area contributed by atoms with E-state index in [0.717, 1.165) is 22.3 Å². The van der Waals surface area contributed by atoms with Crippen LogP contribution in [0.15, 0.2) is 52.7 Å². The van der Waals surface area contributed by atoms with Crippen LogP contribution >= 0.6 is 22.9 Å². The monoisotopic (exact) mass is 407 g/mol. The van der Waals surface area contributed by atoms with Crippen LogP contribution in [0.2, 0.25) is 5.02 Å². The fraction of sp³-hybridized carbons (Fsp3) is 0.0588. The summed E-state index contributed by atoms with van der Waals surface area (Å²) in [6.45, 7) is 1.94. The number of benzene rings is 2. The van der Waals surface area contributed by atoms with Crippen LogP contribution in [0, 0.1) is 6.92 Å². The molecule has 6 nitrogen and oxygen atoms in total. The SMILES string of the molecule is Cc1nc(-c2ccc(NC(=O)c3ccc(Cl)c(S(N)(=O)=O)c3)cc2)cs1. The zero-order valence-corrected chi connectivity index (χ0v) is 16.0. The van der Waals surface area contributed by atoms with Crippen LogP contribution < -0.4 is 10.5 Å². The van der Waals surface area contributed by atoms with Gasteiger partial charge in [-0.2, -0.15) is 0 Å². The number of halogens is 1. The Labute approximate surface area is 159 Å². The zero-order chi connectivity index (χ0) is 18.9. The summed E-state index contributed by atoms with van der Waals surface area (Å²) in [5, 5.41) is 10.7. The Bertz CT molecular complexity index is 1080. The third kappa shape index (κ3) is 4.10. The fourth-order valence-electron chi connectivity index (χ4n) is 2.29. The standard InChI is InChI=1S/C17H14ClN3O3S2/c1-10-20-15(9-25-10)11-2-5-13(6-3-11)21-17(22)12-4-7-14(18)16(8-12)26(19,23)24/h2-9H,1H3,(H,21,22)(H2,19,23,24). The van der Waals surface area contributed by atoms with Crippen LogP contribution in [0.25, 0.3) is 11.3 Å². The third-order valence-corrected chi connectivity index (χ3v) is 5.72. The van der Waals surface area contributed by atoms with E-state index in [0.29, 0.717) is 5.69 Å². The van der Waals surface area contributed by atoms with Gasteiger partial charge in [-0.05, 0) is 37.3 Å². The number of nitrogens with one attached hydrogen (secondary N) is 1. The summed E-state index contributed by atoms with van der Waals surface area (Å²) < 4.78 is 23.0. The van der Waals surface area contributed by atoms with Crippen molar-refractivity contribution in [2.75, 3.05) is 5.32 Å². The molecule has 3 N–H and O–H groups in total. The summed E-state index contributed by atoms with van der Waals surface area (Å²) in [7, 11) is -4.01. The van der Waals surface area contributed by atoms with Gasteiger partial charge < -0.3 is 5.32 Å². The third-order valence-electron chi connectivity index (χ3n) is 3.56. The van der Waals surface area contributed by atoms with Gasteiger partial charge in [0.15, 0.2) is 0 Å². The van der Waals surface area contributed by atoms with Crippen molar-refractivity contribution in [2.24, 2.45) is 5.14 Å². The van der Waals surface area contributed by atoms with Crippen LogP contribution in [-0.4, -0.2) is 19.3 Å². The first-order chi connectivity index (χ1) is 12.2. The highest BCUT2D eigenvalue weighted by molar-refractivity contribution is 7.89. The molecule has 0 fully saturated rings. The van der Waals surface area contributed by atoms with E-state index in [-0.39, 0.29) is 15.5 Å². The van der Waals surface area contributed by atoms with E-state index in [4.69, 9.17) is 16.7 Å². The van der Waals surface area contributed by atoms with Crippen LogP contribution in [0.5, 0.6) is 0 Å². The zero-order valence-electron chi connectivity index (χ0n) is 13.6. The molecule has 0 aliphatic heterocycles. The fourth-order valence-corrected chi connectivity index (χ4v) is 3.98. The maximum atomic E-state index is 12.4. The number of aryl methyl sites for hydroxylation is 1. The maximum Gasteiger partial charge on any atom is 0.255 e. The number of aromatic nitrogens is 1. The average molecular weight is 408 g/mol. The van der Waals surface area contributed by atoms with E-state index in [1.54, 1.807) is 23.5 Å². The predicted octanol–water partition coefficient (Wildman–Crippen LogP) is 3.67. The molecule has 0 saturated carbocycles. The second-order valence-electron chi connectivity index (χ2n) is 5.47. The van der Waals surface area contributed by atoms with E-state index in [1.165, 1.54) is 12.1 Å². The molecular weight excluding hydrogens is 394 g/mol. The highest BCUT2D eigenvalue weighted by Gasteiger charge is 2.16. The number of amides is 1. The van der Waals surface area contributed by atoms with Gasteiger partial charge in [0, 0.05) is 22.2 Å². The van der Waals surface area contributed by atoms with Crippen molar-refractivity contribution in [3.63, 3.8) is 0 Å². The normalized spacial score (nSPS) is 11.3. The molecule has 0 bridgehead atoms. The summed E-state index contributed by atoms with van der Waals surface area (Å²) in [6.07, 6.45) is 0. The highest BCUT2D eigenvalue weighted by atomic mass is 35.5. The number of nitrogens with zero attached hydrogens (tertiary/aromatic N) is 1. The van der Waals surface area contributed by atoms with Crippen LogP contribution in [0.4, 0.5) is 5.69 Å². The minimum atomic E-state index is -4.01. The number of anilines is 1. The first kappa shape index (κ1) is 18.5. The molecule has 0 aliphatic rings. The van der Waals surface area contributed by atoms with Gasteiger partial charge in [0.2, 0.25) is 10.0 Å². The first-order valence-corrected chi connectivity index (χ1v) is 10.2. The number of hydrogen-bond donors (Lipinski definition) is 2. The van der Waals surface area contributed by atoms with Crippen LogP contribution in [-0.2, 0) is 10.0 Å². The Balaban J connectivity index is 1.80. The van der Waals surface area contributed by atoms with Crippen molar-refractivity contribution in [2.45, 2.75) is 11.8 Å². The summed E-state index contributed by atoms with van der Waals surface area (Å²) in [4.78, 5) is 16.5. The van der Waals surface area contributed by atoms with Gasteiger partial charge in [-0.3, -0.25) is 4.79 Å². The molecule has 0 saturated heterocycles. The van der Waals surface area contributed by atoms with Crippen molar-refractivity contribution in [1.82, 2.24) is 4.98 Å². The summed E-state index contributed by atoms with van der Waals surface area (Å²) in [5.41, 5.74) is 2.52. The van der Waals surface area contributed by atoms with Crippen molar-refractivity contribution < 1.29 is 13.2 Å². The van der Waals surface area contributed by atoms with Gasteiger partial charge >= 0.3 is 0 Å². The summed E-state index contributed by atoms with van der Waals surface area (Å²) in [6, 6.07) is 11.1. The summed E-state index contributed by atoms with van der Waals surface area (Å²) in [5.74, 6) is -0.469. The minimum absolute atomic E-state index is 0.0352. The number of carbonyl (C=O) groups excluding carboxylic acids is 1. The molecule has 0 unspecified atom stereocenters. The Morgan fingerprint density at radius 2 is 1.88 bits per heavy atom. The number of rotatable bonds is 4. The van der Waals surface area contributed by atoms with E-state index in [1.807, 2.05) is 24.4 Å². The molecule has 26 heavy (non-hydrogen) atoms. The second-order valence-corrected chi connectivity index (χ2v) is 8.47. The Morgan fingerprint density at radius 1 is 1.19 bits per heavy atom. The average Bonchev–Trinajstić information content (AvgIpc) is 3.01. The number of primary sulfonamides is 1. The van der Waals surface area contributed by atoms with Gasteiger partial charge in [-0.1, -0.05) is 23.7 Å². The van der Waals surface area contributed by atoms with E-state index in [9.17, 15) is 13.2 Å². The molecule has 2 aromatic carbocycles. The molecule has 9 heteroatoms. The quantitative estimate of drug-likeness (QED) is 0.688. The molecule has 1 aromatic heterocycles. The molecule has 0 spiro atoms. The number of thiazole rings is 1. The smallest absolute Gasteiger partial charge is 0.255 e. The number of carbonyl (C=O) groups is 1. The van der Waals surface area contributed by atoms with Crippen LogP contribution in [0.1, 0.15) is 15.4 Å². The molecule has 0 atom stereocenters. The van der Waals surface area contributed by atoms with Crippen molar-refractivity contribution >= 4 is 44.6 Å². The lowest BCUT2D eigenvalue weighted by Gasteiger charge is -2.08. The second kappa shape index (κ2) is 7.16. The molecule has 0 radical (unpaired) electrons. The molecule has 134 valence electrons. The lowest BCUT2D eigenvalue weighted by atomic mass is 10.1. The van der Waals surface area contributed by atoms with E-state index < -0.39 is 15.9 Å². The van der Waals surface area contributed by atoms with E-state index in [2.05, 4.69) is 10.3 Å². The molecule has 3 aromatic rings. The van der Waals surface area contributed by atoms with E-state index >= 15 is 0 Å². The van der Waals surface area contributed by atoms with Gasteiger partial charge in [0.25, 0.3) is 5.91 Å². The summed E-state index contributed by atoms with van der Waals surface area (Å²) >= 11 is 7.39. The van der Waals surface area contributed by atoms with Crippen molar-refractivity contribution in [1.29, 1.82) is 0 Å². The van der Waals surface area contributed by atoms with Gasteiger partial charge in [-0.15, -0.1) is 11.3 Å². The molecule has 3 rings (SSSR count). The minimum Gasteiger partial charge on any atom is -0.322 e. The molecule has 0 aliphatic carbocycles. The topological polar surface area (TPSA) is 102 Å². The largest absolute Gasteiger partial charge is 0.322 e. The number of sulfonamides is 1. The number of hydrogen-bond acceptors (Lipinski definition) is 5. The maximum absolute atomic E-state index is 12.4. The van der Waals surface area contributed by atoms with Crippen LogP contribution in [0.3, 0.4) is 0 Å². The first-order valence-electron chi connectivity index (χ1n) is 7.40. The van der Waals surface area contributed by atoms with Crippen molar-refractivity contribution in [3.05, 3.63) is 63.4 Å². The Kier molecular flexibility index (Phi) is 5.10. The Hall–Kier alpha value is -2.26. The van der Waals surface area contributed by atoms with Crippen molar-refractivity contribution in [3.8, 4) is 11.3 Å². The van der Waals surface area contributed by atoms with Gasteiger partial charge in [0.05, 0.1) is 15.7 Å². The van der Waals surface area contributed by atoms with Gasteiger partial charge in [0.1, 0.15) is 4.90 Å². The lowest BCUT2D eigenvalue weighted by Crippen LogP contribution is -2.16. The lowest BCUT2D eigenvalue weighted by molar-refractivity contribution is 0.102. The molecule has 1 heterocycles. The molecule has 1 amide bonds. The molecular formula is C17H14ClN3O3S2.